The van der Waals surface area contributed by atoms with E-state index in [1.807, 2.05) is 26.0 Å². The predicted molar refractivity (Wildman–Crippen MR) is 101 cm³/mol. The van der Waals surface area contributed by atoms with Crippen molar-refractivity contribution < 1.29 is 14.4 Å². The summed E-state index contributed by atoms with van der Waals surface area (Å²) >= 11 is 3.48. The van der Waals surface area contributed by atoms with Crippen molar-refractivity contribution in [1.29, 1.82) is 0 Å². The van der Waals surface area contributed by atoms with Crippen LogP contribution in [-0.2, 0) is 14.4 Å². The minimum atomic E-state index is -0.171. The summed E-state index contributed by atoms with van der Waals surface area (Å²) in [6.45, 7) is 4.09. The minimum Gasteiger partial charge on any atom is -0.326 e. The lowest BCUT2D eigenvalue weighted by Crippen LogP contribution is -2.35. The van der Waals surface area contributed by atoms with Crippen molar-refractivity contribution >= 4 is 39.3 Å². The van der Waals surface area contributed by atoms with Crippen molar-refractivity contribution in [3.8, 4) is 0 Å². The Labute approximate surface area is 161 Å². The largest absolute Gasteiger partial charge is 0.326 e. The number of benzene rings is 1. The summed E-state index contributed by atoms with van der Waals surface area (Å²) in [5.74, 6) is 0.283. The highest BCUT2D eigenvalue weighted by Crippen LogP contribution is 2.56. The number of carbonyl (C=O) groups excluding carboxylic acids is 3. The zero-order chi connectivity index (χ0) is 18.6. The fraction of sp³-hybridized carbons (Fsp3) is 0.550. The molecule has 0 radical (unpaired) electrons. The molecular weight excluding hydrogens is 396 g/mol. The molecule has 138 valence electrons. The summed E-state index contributed by atoms with van der Waals surface area (Å²) in [4.78, 5) is 39.0. The van der Waals surface area contributed by atoms with E-state index < -0.39 is 0 Å². The lowest BCUT2D eigenvalue weighted by atomic mass is 9.81. The predicted octanol–water partition coefficient (Wildman–Crippen LogP) is 3.43. The molecule has 4 rings (SSSR count). The summed E-state index contributed by atoms with van der Waals surface area (Å²) in [5, 5.41) is 2.90. The molecule has 0 spiro atoms. The SMILES string of the molecule is Cc1cc(NC(=O)CCN2C(=O)[C@H]3[C@@H]4CC[C@@H](C4)[C@@H]3C2=O)c(C)cc1Br. The van der Waals surface area contributed by atoms with Crippen molar-refractivity contribution in [3.63, 3.8) is 0 Å². The highest BCUT2D eigenvalue weighted by molar-refractivity contribution is 9.10. The Morgan fingerprint density at radius 2 is 1.73 bits per heavy atom. The lowest BCUT2D eigenvalue weighted by molar-refractivity contribution is -0.140. The maximum Gasteiger partial charge on any atom is 0.233 e. The van der Waals surface area contributed by atoms with Gasteiger partial charge in [-0.1, -0.05) is 15.9 Å². The average molecular weight is 419 g/mol. The Morgan fingerprint density at radius 1 is 1.12 bits per heavy atom. The minimum absolute atomic E-state index is 0.0457. The zero-order valence-corrected chi connectivity index (χ0v) is 16.6. The van der Waals surface area contributed by atoms with E-state index in [0.717, 1.165) is 40.5 Å². The Bertz CT molecular complexity index is 778. The Morgan fingerprint density at radius 3 is 2.35 bits per heavy atom. The lowest BCUT2D eigenvalue weighted by Gasteiger charge is -2.19. The van der Waals surface area contributed by atoms with Gasteiger partial charge in [0.2, 0.25) is 17.7 Å². The fourth-order valence-corrected chi connectivity index (χ4v) is 5.49. The van der Waals surface area contributed by atoms with E-state index in [1.165, 1.54) is 4.90 Å². The number of likely N-dealkylation sites (tertiary alicyclic amines) is 1. The second-order valence-electron chi connectivity index (χ2n) is 7.93. The third kappa shape index (κ3) is 2.79. The first-order valence-corrected chi connectivity index (χ1v) is 10.1. The van der Waals surface area contributed by atoms with Gasteiger partial charge in [-0.05, 0) is 68.2 Å². The number of nitrogens with one attached hydrogen (secondary N) is 1. The number of hydrogen-bond acceptors (Lipinski definition) is 3. The van der Waals surface area contributed by atoms with Gasteiger partial charge in [0.15, 0.2) is 0 Å². The smallest absolute Gasteiger partial charge is 0.233 e. The molecule has 1 N–H and O–H groups in total. The molecule has 3 fully saturated rings. The Hall–Kier alpha value is -1.69. The zero-order valence-electron chi connectivity index (χ0n) is 15.0. The molecule has 2 saturated carbocycles. The van der Waals surface area contributed by atoms with E-state index in [0.29, 0.717) is 11.8 Å². The van der Waals surface area contributed by atoms with Crippen LogP contribution in [0.25, 0.3) is 0 Å². The van der Waals surface area contributed by atoms with Gasteiger partial charge in [0, 0.05) is 23.1 Å². The first-order chi connectivity index (χ1) is 12.4. The summed E-state index contributed by atoms with van der Waals surface area (Å²) in [5.41, 5.74) is 2.78. The van der Waals surface area contributed by atoms with Gasteiger partial charge in [0.05, 0.1) is 11.8 Å². The third-order valence-corrected chi connectivity index (χ3v) is 7.22. The fourth-order valence-electron chi connectivity index (χ4n) is 5.03. The summed E-state index contributed by atoms with van der Waals surface area (Å²) in [6.07, 6.45) is 3.31. The Kier molecular flexibility index (Phi) is 4.41. The number of rotatable bonds is 4. The van der Waals surface area contributed by atoms with Crippen molar-refractivity contribution in [3.05, 3.63) is 27.7 Å². The van der Waals surface area contributed by atoms with Crippen molar-refractivity contribution in [2.45, 2.75) is 39.5 Å². The number of carbonyl (C=O) groups is 3. The molecule has 3 amide bonds. The van der Waals surface area contributed by atoms with Crippen LogP contribution in [0.3, 0.4) is 0 Å². The molecule has 1 aromatic carbocycles. The summed E-state index contributed by atoms with van der Waals surface area (Å²) in [7, 11) is 0. The molecule has 5 nitrogen and oxygen atoms in total. The maximum absolute atomic E-state index is 12.7. The number of anilines is 1. The van der Waals surface area contributed by atoms with Crippen LogP contribution in [0.4, 0.5) is 5.69 Å². The van der Waals surface area contributed by atoms with Gasteiger partial charge in [-0.3, -0.25) is 19.3 Å². The number of fused-ring (bicyclic) bond motifs is 5. The van der Waals surface area contributed by atoms with Gasteiger partial charge < -0.3 is 5.32 Å². The van der Waals surface area contributed by atoms with Crippen LogP contribution in [0.1, 0.15) is 36.8 Å². The van der Waals surface area contributed by atoms with E-state index in [9.17, 15) is 14.4 Å². The number of halogens is 1. The van der Waals surface area contributed by atoms with Gasteiger partial charge >= 0.3 is 0 Å². The highest BCUT2D eigenvalue weighted by atomic mass is 79.9. The molecule has 0 aromatic heterocycles. The maximum atomic E-state index is 12.7. The van der Waals surface area contributed by atoms with Crippen LogP contribution in [0.5, 0.6) is 0 Å². The van der Waals surface area contributed by atoms with Crippen LogP contribution in [0, 0.1) is 37.5 Å². The van der Waals surface area contributed by atoms with E-state index in [1.54, 1.807) is 0 Å². The van der Waals surface area contributed by atoms with Crippen molar-refractivity contribution in [1.82, 2.24) is 4.90 Å². The van der Waals surface area contributed by atoms with Gasteiger partial charge in [0.1, 0.15) is 0 Å². The van der Waals surface area contributed by atoms with Crippen LogP contribution < -0.4 is 5.32 Å². The van der Waals surface area contributed by atoms with E-state index >= 15 is 0 Å². The second kappa shape index (κ2) is 6.48. The van der Waals surface area contributed by atoms with Crippen LogP contribution >= 0.6 is 15.9 Å². The van der Waals surface area contributed by atoms with E-state index in [2.05, 4.69) is 21.2 Å². The van der Waals surface area contributed by atoms with E-state index in [-0.39, 0.29) is 42.5 Å². The standard InChI is InChI=1S/C20H23BrN2O3/c1-10-8-15(11(2)7-14(10)21)22-16(24)5-6-23-19(25)17-12-3-4-13(9-12)18(17)20(23)26/h7-8,12-13,17-18H,3-6,9H2,1-2H3,(H,22,24)/t12-,13+,17-,18-/m0/s1. The molecule has 26 heavy (non-hydrogen) atoms. The molecule has 0 unspecified atom stereocenters. The van der Waals surface area contributed by atoms with Gasteiger partial charge in [0.25, 0.3) is 0 Å². The number of imide groups is 1. The van der Waals surface area contributed by atoms with Crippen LogP contribution in [0.2, 0.25) is 0 Å². The summed E-state index contributed by atoms with van der Waals surface area (Å²) < 4.78 is 1.00. The second-order valence-corrected chi connectivity index (χ2v) is 8.78. The van der Waals surface area contributed by atoms with Crippen LogP contribution in [-0.4, -0.2) is 29.2 Å². The molecule has 1 aliphatic heterocycles. The molecule has 1 heterocycles. The molecule has 1 aromatic rings. The first kappa shape index (κ1) is 17.7. The highest BCUT2D eigenvalue weighted by Gasteiger charge is 2.60. The van der Waals surface area contributed by atoms with Crippen molar-refractivity contribution in [2.24, 2.45) is 23.7 Å². The van der Waals surface area contributed by atoms with Gasteiger partial charge in [-0.25, -0.2) is 0 Å². The molecular formula is C20H23BrN2O3. The van der Waals surface area contributed by atoms with E-state index in [4.69, 9.17) is 0 Å². The third-order valence-electron chi connectivity index (χ3n) is 6.36. The topological polar surface area (TPSA) is 66.5 Å². The molecule has 2 aliphatic carbocycles. The van der Waals surface area contributed by atoms with Crippen LogP contribution in [0.15, 0.2) is 16.6 Å². The van der Waals surface area contributed by atoms with Gasteiger partial charge in [-0.15, -0.1) is 0 Å². The number of hydrogen-bond donors (Lipinski definition) is 1. The molecule has 6 heteroatoms. The number of amides is 3. The number of nitrogens with zero attached hydrogens (tertiary/aromatic N) is 1. The normalized spacial score (nSPS) is 29.4. The molecule has 1 saturated heterocycles. The molecule has 4 atom stereocenters. The van der Waals surface area contributed by atoms with Gasteiger partial charge in [-0.2, -0.15) is 0 Å². The number of aryl methyl sites for hydroxylation is 2. The molecule has 2 bridgehead atoms. The quantitative estimate of drug-likeness (QED) is 0.761. The monoisotopic (exact) mass is 418 g/mol. The Balaban J connectivity index is 1.39. The average Bonchev–Trinajstić information content (AvgIpc) is 3.26. The molecule has 3 aliphatic rings. The summed E-state index contributed by atoms with van der Waals surface area (Å²) in [6, 6.07) is 3.89. The first-order valence-electron chi connectivity index (χ1n) is 9.28. The van der Waals surface area contributed by atoms with Crippen molar-refractivity contribution in [2.75, 3.05) is 11.9 Å².